The third-order valence-electron chi connectivity index (χ3n) is 6.41. The van der Waals surface area contributed by atoms with Crippen LogP contribution < -0.4 is 27.2 Å². The van der Waals surface area contributed by atoms with E-state index in [4.69, 9.17) is 5.73 Å². The highest BCUT2D eigenvalue weighted by atomic mass is 16.2. The highest BCUT2D eigenvalue weighted by Gasteiger charge is 2.20. The van der Waals surface area contributed by atoms with Gasteiger partial charge in [0.05, 0.1) is 19.1 Å². The van der Waals surface area contributed by atoms with Gasteiger partial charge in [0, 0.05) is 7.05 Å². The maximum absolute atomic E-state index is 12.8. The minimum Gasteiger partial charge on any atom is -0.383 e. The first kappa shape index (κ1) is 23.4. The molecule has 0 fully saturated rings. The monoisotopic (exact) mass is 461 g/mol. The van der Waals surface area contributed by atoms with Crippen LogP contribution in [-0.2, 0) is 24.2 Å². The molecule has 1 aliphatic rings. The molecule has 34 heavy (non-hydrogen) atoms. The summed E-state index contributed by atoms with van der Waals surface area (Å²) in [5, 5.41) is 3.01. The van der Waals surface area contributed by atoms with Crippen molar-refractivity contribution in [2.75, 3.05) is 24.2 Å². The summed E-state index contributed by atoms with van der Waals surface area (Å²) >= 11 is 0. The standard InChI is InChI=1S/C26H31N5O3/c1-17(20-13-12-19-10-6-7-11-21(19)14-20)28-22(32)16-30(2)23-24(27)31(26(34)29-25(23)33)15-18-8-4-3-5-9-18/h3-5,8-9,12-14,17H,6-7,10-11,15-16,27H2,1-2H3,(H,28,32)(H,29,33,34). The second kappa shape index (κ2) is 9.99. The lowest BCUT2D eigenvalue weighted by Gasteiger charge is -2.23. The SMILES string of the molecule is CC(NC(=O)CN(C)c1c(N)n(Cc2ccccc2)c(=O)[nH]c1=O)c1ccc2c(c1)CCCC2. The summed E-state index contributed by atoms with van der Waals surface area (Å²) < 4.78 is 1.30. The van der Waals surface area contributed by atoms with Gasteiger partial charge >= 0.3 is 5.69 Å². The number of amides is 1. The zero-order valence-electron chi connectivity index (χ0n) is 19.6. The second-order valence-corrected chi connectivity index (χ2v) is 8.95. The number of aromatic amines is 1. The molecule has 0 aliphatic heterocycles. The Morgan fingerprint density at radius 1 is 1.12 bits per heavy atom. The van der Waals surface area contributed by atoms with Crippen LogP contribution >= 0.6 is 0 Å². The Bertz CT molecular complexity index is 1300. The molecule has 178 valence electrons. The summed E-state index contributed by atoms with van der Waals surface area (Å²) in [6.07, 6.45) is 4.62. The van der Waals surface area contributed by atoms with E-state index in [0.29, 0.717) is 0 Å². The Labute approximate surface area is 198 Å². The molecule has 4 N–H and O–H groups in total. The number of rotatable bonds is 7. The van der Waals surface area contributed by atoms with Crippen molar-refractivity contribution in [2.24, 2.45) is 0 Å². The van der Waals surface area contributed by atoms with Crippen molar-refractivity contribution in [3.63, 3.8) is 0 Å². The van der Waals surface area contributed by atoms with E-state index < -0.39 is 11.2 Å². The number of fused-ring (bicyclic) bond motifs is 1. The number of aromatic nitrogens is 2. The highest BCUT2D eigenvalue weighted by molar-refractivity contribution is 5.82. The fourth-order valence-corrected chi connectivity index (χ4v) is 4.56. The van der Waals surface area contributed by atoms with Crippen LogP contribution in [0, 0.1) is 0 Å². The minimum absolute atomic E-state index is 0.0237. The molecule has 1 amide bonds. The number of hydrogen-bond acceptors (Lipinski definition) is 5. The first-order valence-electron chi connectivity index (χ1n) is 11.6. The van der Waals surface area contributed by atoms with Crippen LogP contribution in [0.3, 0.4) is 0 Å². The van der Waals surface area contributed by atoms with Crippen molar-refractivity contribution in [1.29, 1.82) is 0 Å². The molecule has 3 aromatic rings. The second-order valence-electron chi connectivity index (χ2n) is 8.95. The Hall–Kier alpha value is -3.81. The Morgan fingerprint density at radius 2 is 1.82 bits per heavy atom. The van der Waals surface area contributed by atoms with Crippen molar-refractivity contribution in [3.05, 3.63) is 91.6 Å². The Morgan fingerprint density at radius 3 is 2.56 bits per heavy atom. The van der Waals surface area contributed by atoms with Gasteiger partial charge in [0.25, 0.3) is 5.56 Å². The molecular weight excluding hydrogens is 430 g/mol. The van der Waals surface area contributed by atoms with Gasteiger partial charge in [-0.1, -0.05) is 48.5 Å². The van der Waals surface area contributed by atoms with Gasteiger partial charge in [-0.05, 0) is 54.9 Å². The third kappa shape index (κ3) is 5.06. The molecule has 1 unspecified atom stereocenters. The van der Waals surface area contributed by atoms with Crippen molar-refractivity contribution in [1.82, 2.24) is 14.9 Å². The van der Waals surface area contributed by atoms with Gasteiger partial charge in [0.15, 0.2) is 0 Å². The average molecular weight is 462 g/mol. The first-order chi connectivity index (χ1) is 16.3. The van der Waals surface area contributed by atoms with E-state index in [2.05, 4.69) is 28.5 Å². The molecule has 0 bridgehead atoms. The van der Waals surface area contributed by atoms with Gasteiger partial charge in [-0.2, -0.15) is 0 Å². The summed E-state index contributed by atoms with van der Waals surface area (Å²) in [5.41, 5.74) is 9.81. The van der Waals surface area contributed by atoms with Gasteiger partial charge in [-0.3, -0.25) is 19.1 Å². The highest BCUT2D eigenvalue weighted by Crippen LogP contribution is 2.25. The number of hydrogen-bond donors (Lipinski definition) is 3. The molecule has 8 heteroatoms. The summed E-state index contributed by atoms with van der Waals surface area (Å²) in [4.78, 5) is 41.5. The molecule has 1 aromatic heterocycles. The van der Waals surface area contributed by atoms with E-state index in [1.165, 1.54) is 33.4 Å². The van der Waals surface area contributed by atoms with E-state index in [9.17, 15) is 14.4 Å². The molecular formula is C26H31N5O3. The van der Waals surface area contributed by atoms with Crippen LogP contribution in [0.1, 0.15) is 48.1 Å². The number of anilines is 2. The molecule has 0 spiro atoms. The molecule has 0 saturated heterocycles. The average Bonchev–Trinajstić information content (AvgIpc) is 2.81. The van der Waals surface area contributed by atoms with Crippen molar-refractivity contribution < 1.29 is 4.79 Å². The number of H-pyrrole nitrogens is 1. The third-order valence-corrected chi connectivity index (χ3v) is 6.41. The fourth-order valence-electron chi connectivity index (χ4n) is 4.56. The number of likely N-dealkylation sites (N-methyl/N-ethyl adjacent to an activating group) is 1. The lowest BCUT2D eigenvalue weighted by Crippen LogP contribution is -2.41. The number of carbonyl (C=O) groups is 1. The number of nitrogens with zero attached hydrogens (tertiary/aromatic N) is 2. The molecule has 8 nitrogen and oxygen atoms in total. The molecule has 0 radical (unpaired) electrons. The van der Waals surface area contributed by atoms with Crippen LogP contribution in [0.25, 0.3) is 0 Å². The lowest BCUT2D eigenvalue weighted by molar-refractivity contribution is -0.120. The maximum Gasteiger partial charge on any atom is 0.330 e. The number of nitrogens with one attached hydrogen (secondary N) is 2. The van der Waals surface area contributed by atoms with Crippen LogP contribution in [0.2, 0.25) is 0 Å². The smallest absolute Gasteiger partial charge is 0.330 e. The molecule has 4 rings (SSSR count). The zero-order valence-corrected chi connectivity index (χ0v) is 19.6. The summed E-state index contributed by atoms with van der Waals surface area (Å²) in [5.74, 6) is -0.219. The van der Waals surface area contributed by atoms with Crippen LogP contribution in [-0.4, -0.2) is 29.1 Å². The van der Waals surface area contributed by atoms with Gasteiger partial charge in [-0.25, -0.2) is 4.79 Å². The number of benzene rings is 2. The van der Waals surface area contributed by atoms with Crippen LogP contribution in [0.4, 0.5) is 11.5 Å². The number of nitrogens with two attached hydrogens (primary N) is 1. The van der Waals surface area contributed by atoms with Gasteiger partial charge in [0.1, 0.15) is 11.5 Å². The normalized spacial score (nSPS) is 13.7. The van der Waals surface area contributed by atoms with Crippen molar-refractivity contribution in [2.45, 2.75) is 45.2 Å². The molecule has 0 saturated carbocycles. The zero-order chi connectivity index (χ0) is 24.2. The molecule has 1 atom stereocenters. The number of aryl methyl sites for hydroxylation is 2. The Kier molecular flexibility index (Phi) is 6.86. The number of carbonyl (C=O) groups excluding carboxylic acids is 1. The van der Waals surface area contributed by atoms with E-state index in [-0.39, 0.29) is 36.5 Å². The van der Waals surface area contributed by atoms with Crippen molar-refractivity contribution >= 4 is 17.4 Å². The summed E-state index contributed by atoms with van der Waals surface area (Å²) in [6, 6.07) is 15.6. The largest absolute Gasteiger partial charge is 0.383 e. The topological polar surface area (TPSA) is 113 Å². The van der Waals surface area contributed by atoms with E-state index >= 15 is 0 Å². The quantitative estimate of drug-likeness (QED) is 0.500. The minimum atomic E-state index is -0.621. The van der Waals surface area contributed by atoms with Gasteiger partial charge in [-0.15, -0.1) is 0 Å². The van der Waals surface area contributed by atoms with Crippen molar-refractivity contribution in [3.8, 4) is 0 Å². The van der Waals surface area contributed by atoms with E-state index in [1.54, 1.807) is 7.05 Å². The van der Waals surface area contributed by atoms with E-state index in [0.717, 1.165) is 24.0 Å². The first-order valence-corrected chi connectivity index (χ1v) is 11.6. The summed E-state index contributed by atoms with van der Waals surface area (Å²) in [7, 11) is 1.61. The maximum atomic E-state index is 12.8. The van der Waals surface area contributed by atoms with E-state index in [1.807, 2.05) is 37.3 Å². The lowest BCUT2D eigenvalue weighted by atomic mass is 9.89. The molecule has 1 heterocycles. The molecule has 1 aliphatic carbocycles. The number of nitrogen functional groups attached to an aromatic ring is 1. The predicted molar refractivity (Wildman–Crippen MR) is 134 cm³/mol. The predicted octanol–water partition coefficient (Wildman–Crippen LogP) is 2.36. The van der Waals surface area contributed by atoms with Crippen LogP contribution in [0.5, 0.6) is 0 Å². The summed E-state index contributed by atoms with van der Waals surface area (Å²) in [6.45, 7) is 2.08. The van der Waals surface area contributed by atoms with Gasteiger partial charge < -0.3 is 16.0 Å². The fraction of sp³-hybridized carbons (Fsp3) is 0.346. The van der Waals surface area contributed by atoms with Crippen LogP contribution in [0.15, 0.2) is 58.1 Å². The molecule has 2 aromatic carbocycles. The van der Waals surface area contributed by atoms with Gasteiger partial charge in [0.2, 0.25) is 5.91 Å². The Balaban J connectivity index is 1.48.